The summed E-state index contributed by atoms with van der Waals surface area (Å²) in [6.45, 7) is 3.96. The van der Waals surface area contributed by atoms with Gasteiger partial charge in [0.25, 0.3) is 0 Å². The Morgan fingerprint density at radius 3 is 2.60 bits per heavy atom. The number of aliphatic hydroxyl groups excluding tert-OH is 1. The van der Waals surface area contributed by atoms with Crippen LogP contribution in [0.2, 0.25) is 0 Å². The van der Waals surface area contributed by atoms with Gasteiger partial charge in [-0.25, -0.2) is 4.79 Å². The first-order valence-electron chi connectivity index (χ1n) is 3.57. The van der Waals surface area contributed by atoms with Crippen molar-refractivity contribution in [2.75, 3.05) is 6.61 Å². The van der Waals surface area contributed by atoms with E-state index in [9.17, 15) is 4.79 Å². The third-order valence-electron chi connectivity index (χ3n) is 1.12. The van der Waals surface area contributed by atoms with E-state index in [1.807, 2.05) is 6.92 Å². The van der Waals surface area contributed by atoms with E-state index in [1.54, 1.807) is 6.92 Å². The topological polar surface area (TPSA) is 46.5 Å². The van der Waals surface area contributed by atoms with Gasteiger partial charge in [0.1, 0.15) is 0 Å². The minimum atomic E-state index is -0.926. The predicted molar refractivity (Wildman–Crippen MR) is 37.5 cm³/mol. The minimum Gasteiger partial charge on any atom is -0.464 e. The van der Waals surface area contributed by atoms with E-state index >= 15 is 0 Å². The molecule has 0 heterocycles. The normalized spacial score (nSPS) is 12.7. The molecule has 0 fully saturated rings. The fourth-order valence-corrected chi connectivity index (χ4v) is 0.630. The summed E-state index contributed by atoms with van der Waals surface area (Å²) in [5, 5.41) is 8.97. The van der Waals surface area contributed by atoms with Crippen LogP contribution < -0.4 is 0 Å². The highest BCUT2D eigenvalue weighted by Crippen LogP contribution is 1.97. The lowest BCUT2D eigenvalue weighted by molar-refractivity contribution is -0.153. The van der Waals surface area contributed by atoms with Gasteiger partial charge in [-0.15, -0.1) is 0 Å². The molecule has 1 N–H and O–H groups in total. The molecule has 3 nitrogen and oxygen atoms in total. The summed E-state index contributed by atoms with van der Waals surface area (Å²) in [5.41, 5.74) is 0. The van der Waals surface area contributed by atoms with Crippen molar-refractivity contribution in [1.29, 1.82) is 0 Å². The molecule has 0 aromatic rings. The van der Waals surface area contributed by atoms with Crippen LogP contribution in [0.25, 0.3) is 0 Å². The molecular weight excluding hydrogens is 132 g/mol. The summed E-state index contributed by atoms with van der Waals surface area (Å²) in [4.78, 5) is 10.7. The van der Waals surface area contributed by atoms with E-state index in [0.29, 0.717) is 13.0 Å². The smallest absolute Gasteiger partial charge is 0.334 e. The Hall–Kier alpha value is -0.570. The Balaban J connectivity index is 3.49. The SMILES string of the molecule is CCC[C@@H](O)C(=O)OCC. The summed E-state index contributed by atoms with van der Waals surface area (Å²) in [6, 6.07) is 0. The summed E-state index contributed by atoms with van der Waals surface area (Å²) in [7, 11) is 0. The van der Waals surface area contributed by atoms with Crippen LogP contribution in [-0.2, 0) is 9.53 Å². The number of ether oxygens (including phenoxy) is 1. The third-order valence-corrected chi connectivity index (χ3v) is 1.12. The molecule has 0 saturated carbocycles. The van der Waals surface area contributed by atoms with Crippen LogP contribution in [0.15, 0.2) is 0 Å². The standard InChI is InChI=1S/C7H14O3/c1-3-5-6(8)7(9)10-4-2/h6,8H,3-5H2,1-2H3/t6-/m1/s1. The molecule has 0 aromatic heterocycles. The highest BCUT2D eigenvalue weighted by molar-refractivity contribution is 5.74. The lowest BCUT2D eigenvalue weighted by atomic mass is 10.2. The van der Waals surface area contributed by atoms with Crippen LogP contribution in [-0.4, -0.2) is 23.8 Å². The molecule has 10 heavy (non-hydrogen) atoms. The highest BCUT2D eigenvalue weighted by Gasteiger charge is 2.13. The maximum atomic E-state index is 10.7. The number of carbonyl (C=O) groups is 1. The van der Waals surface area contributed by atoms with Crippen molar-refractivity contribution in [2.24, 2.45) is 0 Å². The Morgan fingerprint density at radius 2 is 2.20 bits per heavy atom. The molecule has 60 valence electrons. The Bertz CT molecular complexity index is 101. The zero-order valence-corrected chi connectivity index (χ0v) is 6.46. The molecule has 0 amide bonds. The van der Waals surface area contributed by atoms with E-state index in [-0.39, 0.29) is 0 Å². The van der Waals surface area contributed by atoms with E-state index < -0.39 is 12.1 Å². The van der Waals surface area contributed by atoms with Gasteiger partial charge >= 0.3 is 5.97 Å². The monoisotopic (exact) mass is 146 g/mol. The molecule has 0 rings (SSSR count). The average Bonchev–Trinajstić information content (AvgIpc) is 1.89. The van der Waals surface area contributed by atoms with Crippen molar-refractivity contribution in [2.45, 2.75) is 32.8 Å². The van der Waals surface area contributed by atoms with E-state index in [4.69, 9.17) is 5.11 Å². The van der Waals surface area contributed by atoms with Crippen molar-refractivity contribution in [3.63, 3.8) is 0 Å². The molecule has 0 aliphatic carbocycles. The van der Waals surface area contributed by atoms with Crippen LogP contribution in [0.3, 0.4) is 0 Å². The Labute approximate surface area is 61.0 Å². The summed E-state index contributed by atoms with van der Waals surface area (Å²) in [5.74, 6) is -0.510. The van der Waals surface area contributed by atoms with Crippen LogP contribution in [0.5, 0.6) is 0 Å². The first-order valence-corrected chi connectivity index (χ1v) is 3.57. The van der Waals surface area contributed by atoms with Gasteiger partial charge in [0, 0.05) is 0 Å². The largest absolute Gasteiger partial charge is 0.464 e. The van der Waals surface area contributed by atoms with Gasteiger partial charge < -0.3 is 9.84 Å². The van der Waals surface area contributed by atoms with Crippen molar-refractivity contribution in [3.05, 3.63) is 0 Å². The lowest BCUT2D eigenvalue weighted by Gasteiger charge is -2.06. The first kappa shape index (κ1) is 9.43. The number of esters is 1. The summed E-state index contributed by atoms with van der Waals surface area (Å²) >= 11 is 0. The molecule has 0 spiro atoms. The molecule has 0 saturated heterocycles. The lowest BCUT2D eigenvalue weighted by Crippen LogP contribution is -2.22. The fraction of sp³-hybridized carbons (Fsp3) is 0.857. The fourth-order valence-electron chi connectivity index (χ4n) is 0.630. The zero-order valence-electron chi connectivity index (χ0n) is 6.46. The first-order chi connectivity index (χ1) is 4.72. The second-order valence-electron chi connectivity index (χ2n) is 2.06. The molecule has 0 aliphatic heterocycles. The summed E-state index contributed by atoms with van der Waals surface area (Å²) < 4.78 is 4.57. The molecule has 1 atom stereocenters. The summed E-state index contributed by atoms with van der Waals surface area (Å²) in [6.07, 6.45) is 0.351. The molecule has 3 heteroatoms. The van der Waals surface area contributed by atoms with Crippen LogP contribution in [0.4, 0.5) is 0 Å². The van der Waals surface area contributed by atoms with Gasteiger partial charge in [-0.05, 0) is 13.3 Å². The molecular formula is C7H14O3. The third kappa shape index (κ3) is 3.45. The van der Waals surface area contributed by atoms with Gasteiger partial charge in [-0.2, -0.15) is 0 Å². The van der Waals surface area contributed by atoms with Gasteiger partial charge in [0.2, 0.25) is 0 Å². The van der Waals surface area contributed by atoms with E-state index in [0.717, 1.165) is 6.42 Å². The molecule has 0 bridgehead atoms. The van der Waals surface area contributed by atoms with Crippen LogP contribution in [0, 0.1) is 0 Å². The van der Waals surface area contributed by atoms with Gasteiger partial charge in [-0.3, -0.25) is 0 Å². The van der Waals surface area contributed by atoms with Gasteiger partial charge in [0.05, 0.1) is 6.61 Å². The van der Waals surface area contributed by atoms with Crippen LogP contribution in [0.1, 0.15) is 26.7 Å². The maximum absolute atomic E-state index is 10.7. The Morgan fingerprint density at radius 1 is 1.60 bits per heavy atom. The average molecular weight is 146 g/mol. The number of hydrogen-bond acceptors (Lipinski definition) is 3. The van der Waals surface area contributed by atoms with Crippen molar-refractivity contribution in [3.8, 4) is 0 Å². The second kappa shape index (κ2) is 5.23. The molecule has 0 unspecified atom stereocenters. The zero-order chi connectivity index (χ0) is 7.98. The number of hydrogen-bond donors (Lipinski definition) is 1. The van der Waals surface area contributed by atoms with E-state index in [2.05, 4.69) is 4.74 Å². The van der Waals surface area contributed by atoms with Crippen LogP contribution >= 0.6 is 0 Å². The molecule has 0 aromatic carbocycles. The van der Waals surface area contributed by atoms with Crippen molar-refractivity contribution < 1.29 is 14.6 Å². The maximum Gasteiger partial charge on any atom is 0.334 e. The molecule has 0 radical (unpaired) electrons. The number of carbonyl (C=O) groups excluding carboxylic acids is 1. The molecule has 0 aliphatic rings. The highest BCUT2D eigenvalue weighted by atomic mass is 16.5. The minimum absolute atomic E-state index is 0.333. The number of aliphatic hydroxyl groups is 1. The quantitative estimate of drug-likeness (QED) is 0.594. The van der Waals surface area contributed by atoms with Gasteiger partial charge in [-0.1, -0.05) is 13.3 Å². The second-order valence-corrected chi connectivity index (χ2v) is 2.06. The van der Waals surface area contributed by atoms with Crippen molar-refractivity contribution in [1.82, 2.24) is 0 Å². The van der Waals surface area contributed by atoms with E-state index in [1.165, 1.54) is 0 Å². The predicted octanol–water partition coefficient (Wildman–Crippen LogP) is 0.710. The van der Waals surface area contributed by atoms with Gasteiger partial charge in [0.15, 0.2) is 6.10 Å². The Kier molecular flexibility index (Phi) is 4.94. The van der Waals surface area contributed by atoms with Crippen molar-refractivity contribution >= 4 is 5.97 Å². The number of rotatable bonds is 4.